The first-order valence-electron chi connectivity index (χ1n) is 8.90. The molecule has 0 unspecified atom stereocenters. The molecule has 3 N–H and O–H groups in total. The first kappa shape index (κ1) is 18.3. The predicted octanol–water partition coefficient (Wildman–Crippen LogP) is 3.33. The molecule has 0 aliphatic carbocycles. The maximum atomic E-state index is 13.9. The Labute approximate surface area is 166 Å². The van der Waals surface area contributed by atoms with Gasteiger partial charge in [-0.1, -0.05) is 6.07 Å². The molecule has 0 saturated heterocycles. The monoisotopic (exact) mass is 385 g/mol. The van der Waals surface area contributed by atoms with Crippen molar-refractivity contribution in [2.24, 2.45) is 0 Å². The molecule has 3 heterocycles. The average molecular weight is 385 g/mol. The van der Waals surface area contributed by atoms with Crippen molar-refractivity contribution in [1.29, 1.82) is 5.26 Å². The zero-order chi connectivity index (χ0) is 20.2. The summed E-state index contributed by atoms with van der Waals surface area (Å²) in [7, 11) is 0. The molecule has 0 bridgehead atoms. The Hall–Kier alpha value is -4.12. The quantitative estimate of drug-likeness (QED) is 0.542. The first-order valence-corrected chi connectivity index (χ1v) is 8.90. The van der Waals surface area contributed by atoms with E-state index in [2.05, 4.69) is 25.3 Å². The Bertz CT molecular complexity index is 1220. The largest absolute Gasteiger partial charge is 0.382 e. The molecule has 0 aliphatic rings. The maximum absolute atomic E-state index is 13.9. The summed E-state index contributed by atoms with van der Waals surface area (Å²) in [6.45, 7) is 0.466. The normalized spacial score (nSPS) is 10.6. The van der Waals surface area contributed by atoms with Crippen molar-refractivity contribution >= 4 is 22.5 Å². The molecule has 142 valence electrons. The highest BCUT2D eigenvalue weighted by Gasteiger charge is 2.14. The summed E-state index contributed by atoms with van der Waals surface area (Å²) in [5.74, 6) is 0.170. The van der Waals surface area contributed by atoms with Gasteiger partial charge in [0.1, 0.15) is 35.4 Å². The third-order valence-corrected chi connectivity index (χ3v) is 4.50. The van der Waals surface area contributed by atoms with E-state index in [9.17, 15) is 9.65 Å². The lowest BCUT2D eigenvalue weighted by molar-refractivity contribution is 0.629. The molecule has 4 aromatic rings. The summed E-state index contributed by atoms with van der Waals surface area (Å²) in [4.78, 5) is 16.8. The number of rotatable bonds is 5. The zero-order valence-electron chi connectivity index (χ0n) is 15.3. The number of nitrogens with two attached hydrogens (primary N) is 1. The topological polar surface area (TPSA) is 113 Å². The summed E-state index contributed by atoms with van der Waals surface area (Å²) in [5.41, 5.74) is 9.09. The van der Waals surface area contributed by atoms with E-state index in [1.54, 1.807) is 18.5 Å². The van der Waals surface area contributed by atoms with Crippen molar-refractivity contribution < 1.29 is 4.39 Å². The van der Waals surface area contributed by atoms with E-state index in [0.29, 0.717) is 29.7 Å². The third-order valence-electron chi connectivity index (χ3n) is 4.50. The lowest BCUT2D eigenvalue weighted by atomic mass is 9.98. The van der Waals surface area contributed by atoms with Crippen LogP contribution in [-0.2, 0) is 6.42 Å². The molecule has 1 aromatic carbocycles. The van der Waals surface area contributed by atoms with Crippen LogP contribution in [0.4, 0.5) is 16.0 Å². The van der Waals surface area contributed by atoms with E-state index < -0.39 is 0 Å². The van der Waals surface area contributed by atoms with Crippen molar-refractivity contribution in [3.63, 3.8) is 0 Å². The van der Waals surface area contributed by atoms with Crippen LogP contribution in [0, 0.1) is 17.1 Å². The minimum Gasteiger partial charge on any atom is -0.382 e. The number of nitrogens with zero attached hydrogens (tertiary/aromatic N) is 5. The van der Waals surface area contributed by atoms with Crippen molar-refractivity contribution in [3.05, 3.63) is 72.1 Å². The minimum absolute atomic E-state index is 0.127. The highest BCUT2D eigenvalue weighted by molar-refractivity contribution is 5.95. The summed E-state index contributed by atoms with van der Waals surface area (Å²) >= 11 is 0. The Morgan fingerprint density at radius 1 is 1.10 bits per heavy atom. The molecule has 8 heteroatoms. The summed E-state index contributed by atoms with van der Waals surface area (Å²) < 4.78 is 13.9. The molecule has 0 spiro atoms. The zero-order valence-corrected chi connectivity index (χ0v) is 15.3. The molecule has 7 nitrogen and oxygen atoms in total. The number of nitrogens with one attached hydrogen (secondary N) is 1. The standard InChI is InChI=1S/C21H16FN7/c22-14-4-5-17-15(9-14)19(18-3-1-2-7-25-18)13(11-27-17)6-8-26-21-16(10-23)20(24)28-12-29-21/h1-5,7,9,11-12H,6,8H2,(H3,24,26,28,29). The Balaban J connectivity index is 1.69. The van der Waals surface area contributed by atoms with Gasteiger partial charge in [-0.15, -0.1) is 0 Å². The van der Waals surface area contributed by atoms with Crippen LogP contribution < -0.4 is 11.1 Å². The van der Waals surface area contributed by atoms with Gasteiger partial charge in [-0.05, 0) is 42.3 Å². The number of pyridine rings is 2. The highest BCUT2D eigenvalue weighted by Crippen LogP contribution is 2.30. The number of aromatic nitrogens is 4. The van der Waals surface area contributed by atoms with Crippen molar-refractivity contribution in [1.82, 2.24) is 19.9 Å². The van der Waals surface area contributed by atoms with E-state index in [4.69, 9.17) is 5.73 Å². The molecule has 0 saturated carbocycles. The van der Waals surface area contributed by atoms with Crippen molar-refractivity contribution in [2.45, 2.75) is 6.42 Å². The van der Waals surface area contributed by atoms with E-state index in [1.807, 2.05) is 24.3 Å². The van der Waals surface area contributed by atoms with Gasteiger partial charge in [0, 0.05) is 29.9 Å². The van der Waals surface area contributed by atoms with Crippen LogP contribution in [-0.4, -0.2) is 26.5 Å². The fraction of sp³-hybridized carbons (Fsp3) is 0.0952. The second kappa shape index (κ2) is 7.86. The van der Waals surface area contributed by atoms with Gasteiger partial charge in [0.2, 0.25) is 0 Å². The van der Waals surface area contributed by atoms with Gasteiger partial charge in [0.15, 0.2) is 0 Å². The molecule has 4 rings (SSSR count). The third kappa shape index (κ3) is 3.66. The average Bonchev–Trinajstić information content (AvgIpc) is 2.74. The Kier molecular flexibility index (Phi) is 4.95. The van der Waals surface area contributed by atoms with E-state index >= 15 is 0 Å². The smallest absolute Gasteiger partial charge is 0.149 e. The second-order valence-corrected chi connectivity index (χ2v) is 6.31. The van der Waals surface area contributed by atoms with Crippen LogP contribution in [0.15, 0.2) is 55.1 Å². The molecule has 3 aromatic heterocycles. The van der Waals surface area contributed by atoms with Crippen LogP contribution in [0.1, 0.15) is 11.1 Å². The Morgan fingerprint density at radius 3 is 2.79 bits per heavy atom. The van der Waals surface area contributed by atoms with Crippen LogP contribution in [0.5, 0.6) is 0 Å². The number of nitrogen functional groups attached to an aromatic ring is 1. The number of hydrogen-bond acceptors (Lipinski definition) is 7. The number of halogens is 1. The number of nitriles is 1. The number of fused-ring (bicyclic) bond motifs is 1. The molecular formula is C21H16FN7. The van der Waals surface area contributed by atoms with E-state index in [1.165, 1.54) is 18.5 Å². The van der Waals surface area contributed by atoms with Crippen LogP contribution in [0.3, 0.4) is 0 Å². The molecule has 0 atom stereocenters. The summed E-state index contributed by atoms with van der Waals surface area (Å²) in [5, 5.41) is 13.1. The van der Waals surface area contributed by atoms with Crippen molar-refractivity contribution in [2.75, 3.05) is 17.6 Å². The second-order valence-electron chi connectivity index (χ2n) is 6.31. The molecule has 0 amide bonds. The minimum atomic E-state index is -0.332. The first-order chi connectivity index (χ1) is 14.2. The van der Waals surface area contributed by atoms with Crippen molar-refractivity contribution in [3.8, 4) is 17.3 Å². The fourth-order valence-electron chi connectivity index (χ4n) is 3.17. The molecule has 29 heavy (non-hydrogen) atoms. The lowest BCUT2D eigenvalue weighted by Gasteiger charge is -2.13. The fourth-order valence-corrected chi connectivity index (χ4v) is 3.17. The number of anilines is 2. The molecule has 0 radical (unpaired) electrons. The van der Waals surface area contributed by atoms with Gasteiger partial charge in [-0.3, -0.25) is 9.97 Å². The van der Waals surface area contributed by atoms with Crippen LogP contribution in [0.25, 0.3) is 22.2 Å². The number of benzene rings is 1. The van der Waals surface area contributed by atoms with Gasteiger partial charge in [0.05, 0.1) is 11.2 Å². The van der Waals surface area contributed by atoms with Gasteiger partial charge < -0.3 is 11.1 Å². The molecule has 0 aliphatic heterocycles. The van der Waals surface area contributed by atoms with E-state index in [0.717, 1.165) is 16.8 Å². The van der Waals surface area contributed by atoms with Crippen LogP contribution >= 0.6 is 0 Å². The highest BCUT2D eigenvalue weighted by atomic mass is 19.1. The number of hydrogen-bond donors (Lipinski definition) is 2. The van der Waals surface area contributed by atoms with Gasteiger partial charge in [-0.2, -0.15) is 5.26 Å². The van der Waals surface area contributed by atoms with Gasteiger partial charge in [0.25, 0.3) is 0 Å². The van der Waals surface area contributed by atoms with E-state index in [-0.39, 0.29) is 17.2 Å². The predicted molar refractivity (Wildman–Crippen MR) is 108 cm³/mol. The van der Waals surface area contributed by atoms with Gasteiger partial charge in [-0.25, -0.2) is 14.4 Å². The maximum Gasteiger partial charge on any atom is 0.149 e. The van der Waals surface area contributed by atoms with Gasteiger partial charge >= 0.3 is 0 Å². The lowest BCUT2D eigenvalue weighted by Crippen LogP contribution is -2.11. The summed E-state index contributed by atoms with van der Waals surface area (Å²) in [6.07, 6.45) is 5.33. The molecule has 0 fully saturated rings. The Morgan fingerprint density at radius 2 is 2.00 bits per heavy atom. The SMILES string of the molecule is N#Cc1c(N)ncnc1NCCc1cnc2ccc(F)cc2c1-c1ccccn1. The van der Waals surface area contributed by atoms with Crippen LogP contribution in [0.2, 0.25) is 0 Å². The summed E-state index contributed by atoms with van der Waals surface area (Å²) in [6, 6.07) is 12.1. The molecular weight excluding hydrogens is 369 g/mol.